The van der Waals surface area contributed by atoms with E-state index in [0.29, 0.717) is 16.9 Å². The number of aliphatic carboxylic acids is 1. The normalized spacial score (nSPS) is 28.2. The summed E-state index contributed by atoms with van der Waals surface area (Å²) in [5.74, 6) is -0.140. The standard InChI is InChI=1S/C15H22O2/c1-15(2)9-3-4-13(10-15)11-5-7-12(8-6-11)14(16)17/h4,7,11H,3,5-6,8-10H2,1-2H3,(H,16,17)/t11-/m0/s1. The smallest absolute Gasteiger partial charge is 0.331 e. The van der Waals surface area contributed by atoms with E-state index >= 15 is 0 Å². The predicted molar refractivity (Wildman–Crippen MR) is 68.8 cm³/mol. The van der Waals surface area contributed by atoms with Gasteiger partial charge in [-0.25, -0.2) is 4.79 Å². The molecule has 0 unspecified atom stereocenters. The molecule has 0 amide bonds. The Labute approximate surface area is 103 Å². The van der Waals surface area contributed by atoms with Gasteiger partial charge in [0.1, 0.15) is 0 Å². The minimum absolute atomic E-state index is 0.431. The molecule has 0 radical (unpaired) electrons. The van der Waals surface area contributed by atoms with Crippen molar-refractivity contribution < 1.29 is 9.90 Å². The van der Waals surface area contributed by atoms with E-state index < -0.39 is 5.97 Å². The molecule has 0 fully saturated rings. The summed E-state index contributed by atoms with van der Waals surface area (Å²) in [6.07, 6.45) is 10.7. The molecule has 1 N–H and O–H groups in total. The van der Waals surface area contributed by atoms with Gasteiger partial charge in [0.25, 0.3) is 0 Å². The number of hydrogen-bond donors (Lipinski definition) is 1. The second-order valence-corrected chi connectivity index (χ2v) is 6.16. The van der Waals surface area contributed by atoms with Gasteiger partial charge < -0.3 is 5.11 Å². The van der Waals surface area contributed by atoms with E-state index in [4.69, 9.17) is 5.11 Å². The van der Waals surface area contributed by atoms with Crippen molar-refractivity contribution in [2.75, 3.05) is 0 Å². The maximum atomic E-state index is 10.9. The van der Waals surface area contributed by atoms with E-state index in [1.807, 2.05) is 6.08 Å². The van der Waals surface area contributed by atoms with Gasteiger partial charge in [-0.1, -0.05) is 31.6 Å². The van der Waals surface area contributed by atoms with Crippen LogP contribution < -0.4 is 0 Å². The van der Waals surface area contributed by atoms with Crippen LogP contribution in [0.5, 0.6) is 0 Å². The predicted octanol–water partition coefficient (Wildman–Crippen LogP) is 3.93. The average molecular weight is 234 g/mol. The molecule has 0 saturated carbocycles. The molecule has 17 heavy (non-hydrogen) atoms. The molecule has 0 aromatic rings. The van der Waals surface area contributed by atoms with Crippen LogP contribution in [0.25, 0.3) is 0 Å². The molecule has 2 heteroatoms. The van der Waals surface area contributed by atoms with Crippen LogP contribution in [-0.2, 0) is 4.79 Å². The second-order valence-electron chi connectivity index (χ2n) is 6.16. The van der Waals surface area contributed by atoms with Crippen molar-refractivity contribution in [3.63, 3.8) is 0 Å². The first-order valence-corrected chi connectivity index (χ1v) is 6.59. The first-order chi connectivity index (χ1) is 7.98. The summed E-state index contributed by atoms with van der Waals surface area (Å²) in [4.78, 5) is 10.9. The van der Waals surface area contributed by atoms with E-state index in [-0.39, 0.29) is 0 Å². The molecular formula is C15H22O2. The Bertz CT molecular complexity index is 374. The number of hydrogen-bond acceptors (Lipinski definition) is 1. The van der Waals surface area contributed by atoms with Gasteiger partial charge in [-0.05, 0) is 49.9 Å². The molecule has 0 saturated heterocycles. The van der Waals surface area contributed by atoms with Crippen LogP contribution in [0.3, 0.4) is 0 Å². The maximum Gasteiger partial charge on any atom is 0.331 e. The Kier molecular flexibility index (Phi) is 3.41. The fourth-order valence-electron chi connectivity index (χ4n) is 3.04. The van der Waals surface area contributed by atoms with Crippen LogP contribution in [0.4, 0.5) is 0 Å². The Morgan fingerprint density at radius 2 is 2.18 bits per heavy atom. The fraction of sp³-hybridized carbons (Fsp3) is 0.667. The second kappa shape index (κ2) is 4.67. The highest BCUT2D eigenvalue weighted by Crippen LogP contribution is 2.41. The maximum absolute atomic E-state index is 10.9. The Morgan fingerprint density at radius 3 is 2.71 bits per heavy atom. The van der Waals surface area contributed by atoms with Crippen molar-refractivity contribution in [1.29, 1.82) is 0 Å². The summed E-state index contributed by atoms with van der Waals surface area (Å²) in [6.45, 7) is 4.67. The highest BCUT2D eigenvalue weighted by Gasteiger charge is 2.28. The van der Waals surface area contributed by atoms with Crippen LogP contribution in [0.15, 0.2) is 23.3 Å². The third-order valence-electron chi connectivity index (χ3n) is 4.12. The number of rotatable bonds is 2. The van der Waals surface area contributed by atoms with E-state index in [1.54, 1.807) is 5.57 Å². The summed E-state index contributed by atoms with van der Waals surface area (Å²) in [5.41, 5.74) is 2.61. The number of allylic oxidation sites excluding steroid dienone is 3. The molecule has 0 bridgehead atoms. The van der Waals surface area contributed by atoms with Crippen molar-refractivity contribution in [3.05, 3.63) is 23.3 Å². The molecule has 2 rings (SSSR count). The van der Waals surface area contributed by atoms with Gasteiger partial charge in [0.15, 0.2) is 0 Å². The van der Waals surface area contributed by atoms with Crippen molar-refractivity contribution in [3.8, 4) is 0 Å². The third-order valence-corrected chi connectivity index (χ3v) is 4.12. The lowest BCUT2D eigenvalue weighted by atomic mass is 9.71. The zero-order valence-electron chi connectivity index (χ0n) is 10.8. The van der Waals surface area contributed by atoms with Crippen LogP contribution >= 0.6 is 0 Å². The lowest BCUT2D eigenvalue weighted by Crippen LogP contribution is -2.21. The topological polar surface area (TPSA) is 37.3 Å². The molecule has 1 atom stereocenters. The molecule has 2 aliphatic carbocycles. The van der Waals surface area contributed by atoms with Gasteiger partial charge in [-0.3, -0.25) is 0 Å². The summed E-state index contributed by atoms with van der Waals surface area (Å²) in [5, 5.41) is 8.94. The monoisotopic (exact) mass is 234 g/mol. The molecule has 2 aliphatic rings. The summed E-state index contributed by atoms with van der Waals surface area (Å²) >= 11 is 0. The summed E-state index contributed by atoms with van der Waals surface area (Å²) in [6, 6.07) is 0. The van der Waals surface area contributed by atoms with Crippen LogP contribution in [-0.4, -0.2) is 11.1 Å². The van der Waals surface area contributed by atoms with Gasteiger partial charge in [-0.2, -0.15) is 0 Å². The van der Waals surface area contributed by atoms with Gasteiger partial charge in [0.2, 0.25) is 0 Å². The van der Waals surface area contributed by atoms with Gasteiger partial charge >= 0.3 is 5.97 Å². The van der Waals surface area contributed by atoms with Gasteiger partial charge in [-0.15, -0.1) is 0 Å². The SMILES string of the molecule is CC1(C)CCC=C([C@H]2CC=C(C(=O)O)CC2)C1. The molecule has 0 aromatic heterocycles. The van der Waals surface area contributed by atoms with Crippen molar-refractivity contribution in [2.45, 2.75) is 52.4 Å². The van der Waals surface area contributed by atoms with Crippen molar-refractivity contribution in [2.24, 2.45) is 11.3 Å². The molecular weight excluding hydrogens is 212 g/mol. The summed E-state index contributed by atoms with van der Waals surface area (Å²) < 4.78 is 0. The largest absolute Gasteiger partial charge is 0.478 e. The molecule has 94 valence electrons. The Hall–Kier alpha value is -1.05. The van der Waals surface area contributed by atoms with Gasteiger partial charge in [0, 0.05) is 5.57 Å². The molecule has 0 aliphatic heterocycles. The quantitative estimate of drug-likeness (QED) is 0.735. The number of carboxylic acids is 1. The van der Waals surface area contributed by atoms with E-state index in [2.05, 4.69) is 19.9 Å². The van der Waals surface area contributed by atoms with E-state index in [1.165, 1.54) is 19.3 Å². The number of carboxylic acid groups (broad SMARTS) is 1. The highest BCUT2D eigenvalue weighted by atomic mass is 16.4. The van der Waals surface area contributed by atoms with Crippen molar-refractivity contribution >= 4 is 5.97 Å². The molecule has 2 nitrogen and oxygen atoms in total. The van der Waals surface area contributed by atoms with Crippen LogP contribution in [0.1, 0.15) is 52.4 Å². The molecule has 0 heterocycles. The van der Waals surface area contributed by atoms with E-state index in [0.717, 1.165) is 19.3 Å². The lowest BCUT2D eigenvalue weighted by molar-refractivity contribution is -0.132. The fourth-order valence-corrected chi connectivity index (χ4v) is 3.04. The average Bonchev–Trinajstić information content (AvgIpc) is 2.28. The zero-order chi connectivity index (χ0) is 12.5. The zero-order valence-corrected chi connectivity index (χ0v) is 10.8. The molecule has 0 aromatic carbocycles. The Morgan fingerprint density at radius 1 is 1.41 bits per heavy atom. The number of carbonyl (C=O) groups is 1. The molecule has 0 spiro atoms. The van der Waals surface area contributed by atoms with Gasteiger partial charge in [0.05, 0.1) is 0 Å². The van der Waals surface area contributed by atoms with Crippen LogP contribution in [0, 0.1) is 11.3 Å². The third kappa shape index (κ3) is 2.99. The summed E-state index contributed by atoms with van der Waals surface area (Å²) in [7, 11) is 0. The van der Waals surface area contributed by atoms with Crippen molar-refractivity contribution in [1.82, 2.24) is 0 Å². The highest BCUT2D eigenvalue weighted by molar-refractivity contribution is 5.86. The first-order valence-electron chi connectivity index (χ1n) is 6.59. The van der Waals surface area contributed by atoms with E-state index in [9.17, 15) is 4.79 Å². The minimum atomic E-state index is -0.735. The lowest BCUT2D eigenvalue weighted by Gasteiger charge is -2.34. The van der Waals surface area contributed by atoms with Crippen LogP contribution in [0.2, 0.25) is 0 Å². The Balaban J connectivity index is 2.02. The first kappa shape index (κ1) is 12.4. The minimum Gasteiger partial charge on any atom is -0.478 e.